The number of aromatic nitrogens is 4. The van der Waals surface area contributed by atoms with Crippen LogP contribution in [0.1, 0.15) is 42.3 Å². The van der Waals surface area contributed by atoms with Gasteiger partial charge in [-0.25, -0.2) is 4.79 Å². The van der Waals surface area contributed by atoms with Crippen LogP contribution in [0.5, 0.6) is 0 Å². The molecule has 23 heavy (non-hydrogen) atoms. The minimum Gasteiger partial charge on any atom is -0.244 e. The molecule has 0 saturated carbocycles. The van der Waals surface area contributed by atoms with Crippen LogP contribution in [0.2, 0.25) is 0 Å². The number of nitrogens with zero attached hydrogens (tertiary/aromatic N) is 4. The van der Waals surface area contributed by atoms with Crippen molar-refractivity contribution in [3.63, 3.8) is 0 Å². The van der Waals surface area contributed by atoms with Crippen molar-refractivity contribution in [1.82, 2.24) is 19.6 Å². The van der Waals surface area contributed by atoms with Crippen molar-refractivity contribution in [3.8, 4) is 0 Å². The number of carbonyl (C=O) groups is 1. The third-order valence-corrected chi connectivity index (χ3v) is 3.91. The molecule has 118 valence electrons. The highest BCUT2D eigenvalue weighted by molar-refractivity contribution is 5.78. The first kappa shape index (κ1) is 15.2. The summed E-state index contributed by atoms with van der Waals surface area (Å²) < 4.78 is 2.76. The van der Waals surface area contributed by atoms with E-state index in [0.717, 1.165) is 17.0 Å². The predicted molar refractivity (Wildman–Crippen MR) is 88.7 cm³/mol. The molecule has 2 aromatic heterocycles. The van der Waals surface area contributed by atoms with Crippen LogP contribution in [0, 0.1) is 6.92 Å². The molecule has 0 atom stereocenters. The molecule has 3 rings (SSSR count). The monoisotopic (exact) mass is 308 g/mol. The second kappa shape index (κ2) is 6.20. The molecule has 0 bridgehead atoms. The summed E-state index contributed by atoms with van der Waals surface area (Å²) in [7, 11) is 0. The summed E-state index contributed by atoms with van der Waals surface area (Å²) >= 11 is 0. The van der Waals surface area contributed by atoms with E-state index in [0.29, 0.717) is 12.3 Å². The van der Waals surface area contributed by atoms with Gasteiger partial charge in [0.2, 0.25) is 0 Å². The van der Waals surface area contributed by atoms with Gasteiger partial charge in [-0.05, 0) is 30.0 Å². The molecule has 0 N–H and O–H groups in total. The van der Waals surface area contributed by atoms with E-state index in [-0.39, 0.29) is 6.03 Å². The van der Waals surface area contributed by atoms with Crippen molar-refractivity contribution in [1.29, 1.82) is 0 Å². The Bertz CT molecular complexity index is 801. The maximum absolute atomic E-state index is 12.6. The second-order valence-corrected chi connectivity index (χ2v) is 5.91. The Morgan fingerprint density at radius 3 is 2.52 bits per heavy atom. The zero-order valence-corrected chi connectivity index (χ0v) is 13.6. The van der Waals surface area contributed by atoms with E-state index >= 15 is 0 Å². The molecule has 1 aromatic carbocycles. The smallest absolute Gasteiger partial charge is 0.244 e. The summed E-state index contributed by atoms with van der Waals surface area (Å²) in [5, 5.41) is 8.60. The zero-order chi connectivity index (χ0) is 16.4. The van der Waals surface area contributed by atoms with Crippen molar-refractivity contribution in [3.05, 3.63) is 71.3 Å². The summed E-state index contributed by atoms with van der Waals surface area (Å²) in [6.45, 7) is 6.20. The lowest BCUT2D eigenvalue weighted by molar-refractivity contribution is 0.237. The van der Waals surface area contributed by atoms with Crippen molar-refractivity contribution in [2.24, 2.45) is 0 Å². The van der Waals surface area contributed by atoms with Gasteiger partial charge < -0.3 is 0 Å². The van der Waals surface area contributed by atoms with E-state index in [1.807, 2.05) is 25.1 Å². The summed E-state index contributed by atoms with van der Waals surface area (Å²) in [6, 6.07) is 11.7. The lowest BCUT2D eigenvalue weighted by Crippen LogP contribution is -2.22. The number of benzene rings is 1. The van der Waals surface area contributed by atoms with E-state index in [1.165, 1.54) is 14.9 Å². The maximum atomic E-state index is 12.6. The number of hydrogen-bond donors (Lipinski definition) is 0. The van der Waals surface area contributed by atoms with Gasteiger partial charge in [-0.2, -0.15) is 19.6 Å². The molecule has 5 heteroatoms. The van der Waals surface area contributed by atoms with Gasteiger partial charge >= 0.3 is 6.03 Å². The molecule has 0 aliphatic heterocycles. The Morgan fingerprint density at radius 1 is 1.17 bits per heavy atom. The third kappa shape index (κ3) is 2.95. The fourth-order valence-electron chi connectivity index (χ4n) is 2.91. The molecule has 0 fully saturated rings. The van der Waals surface area contributed by atoms with Crippen LogP contribution >= 0.6 is 0 Å². The van der Waals surface area contributed by atoms with Gasteiger partial charge in [0.1, 0.15) is 0 Å². The normalized spacial score (nSPS) is 11.1. The average Bonchev–Trinajstić information content (AvgIpc) is 3.16. The van der Waals surface area contributed by atoms with Gasteiger partial charge in [-0.15, -0.1) is 0 Å². The summed E-state index contributed by atoms with van der Waals surface area (Å²) in [5.41, 5.74) is 4.15. The molecule has 5 nitrogen and oxygen atoms in total. The second-order valence-electron chi connectivity index (χ2n) is 5.91. The molecular formula is C18H20N4O. The van der Waals surface area contributed by atoms with Gasteiger partial charge in [0, 0.05) is 24.5 Å². The SMILES string of the molecule is Cc1c(C(C)C)c(Cc2ccccc2)nn1C(=O)n1cccn1. The standard InChI is InChI=1S/C18H20N4O/c1-13(2)17-14(3)22(18(23)21-11-7-10-19-21)20-16(17)12-15-8-5-4-6-9-15/h4-11,13H,12H2,1-3H3. The van der Waals surface area contributed by atoms with Crippen molar-refractivity contribution >= 4 is 6.03 Å². The Balaban J connectivity index is 2.02. The molecule has 0 aliphatic carbocycles. The average molecular weight is 308 g/mol. The summed E-state index contributed by atoms with van der Waals surface area (Å²) in [5.74, 6) is 0.299. The first-order valence-corrected chi connectivity index (χ1v) is 7.74. The first-order valence-electron chi connectivity index (χ1n) is 7.74. The van der Waals surface area contributed by atoms with Crippen LogP contribution in [0.3, 0.4) is 0 Å². The Kier molecular flexibility index (Phi) is 4.10. The highest BCUT2D eigenvalue weighted by atomic mass is 16.2. The van der Waals surface area contributed by atoms with Gasteiger partial charge in [-0.3, -0.25) is 0 Å². The van der Waals surface area contributed by atoms with Crippen LogP contribution in [0.25, 0.3) is 0 Å². The van der Waals surface area contributed by atoms with E-state index < -0.39 is 0 Å². The van der Waals surface area contributed by atoms with Crippen molar-refractivity contribution in [2.45, 2.75) is 33.1 Å². The summed E-state index contributed by atoms with van der Waals surface area (Å²) in [4.78, 5) is 12.6. The Morgan fingerprint density at radius 2 is 1.91 bits per heavy atom. The number of rotatable bonds is 3. The molecule has 0 spiro atoms. The fourth-order valence-corrected chi connectivity index (χ4v) is 2.91. The van der Waals surface area contributed by atoms with E-state index in [2.05, 4.69) is 36.2 Å². The fraction of sp³-hybridized carbons (Fsp3) is 0.278. The quantitative estimate of drug-likeness (QED) is 0.742. The van der Waals surface area contributed by atoms with Crippen molar-refractivity contribution < 1.29 is 4.79 Å². The molecule has 2 heterocycles. The van der Waals surface area contributed by atoms with Gasteiger partial charge in [-0.1, -0.05) is 44.2 Å². The first-order chi connectivity index (χ1) is 11.1. The number of hydrogen-bond acceptors (Lipinski definition) is 3. The molecule has 0 saturated heterocycles. The minimum absolute atomic E-state index is 0.256. The van der Waals surface area contributed by atoms with E-state index in [9.17, 15) is 4.79 Å². The minimum atomic E-state index is -0.256. The molecule has 0 radical (unpaired) electrons. The van der Waals surface area contributed by atoms with Crippen LogP contribution in [0.15, 0.2) is 48.8 Å². The predicted octanol–water partition coefficient (Wildman–Crippen LogP) is 3.62. The van der Waals surface area contributed by atoms with Gasteiger partial charge in [0.05, 0.1) is 5.69 Å². The van der Waals surface area contributed by atoms with E-state index in [1.54, 1.807) is 18.5 Å². The highest BCUT2D eigenvalue weighted by Gasteiger charge is 2.22. The van der Waals surface area contributed by atoms with Gasteiger partial charge in [0.25, 0.3) is 0 Å². The third-order valence-electron chi connectivity index (χ3n) is 3.91. The molecule has 0 aliphatic rings. The van der Waals surface area contributed by atoms with Crippen LogP contribution in [-0.4, -0.2) is 25.6 Å². The number of carbonyl (C=O) groups excluding carboxylic acids is 1. The summed E-state index contributed by atoms with van der Waals surface area (Å²) in [6.07, 6.45) is 3.94. The van der Waals surface area contributed by atoms with Crippen molar-refractivity contribution in [2.75, 3.05) is 0 Å². The topological polar surface area (TPSA) is 52.7 Å². The maximum Gasteiger partial charge on any atom is 0.369 e. The van der Waals surface area contributed by atoms with Crippen LogP contribution < -0.4 is 0 Å². The lowest BCUT2D eigenvalue weighted by atomic mass is 9.97. The molecular weight excluding hydrogens is 288 g/mol. The van der Waals surface area contributed by atoms with Gasteiger partial charge in [0.15, 0.2) is 0 Å². The van der Waals surface area contributed by atoms with Crippen LogP contribution in [-0.2, 0) is 6.42 Å². The highest BCUT2D eigenvalue weighted by Crippen LogP contribution is 2.25. The lowest BCUT2D eigenvalue weighted by Gasteiger charge is -2.08. The molecule has 3 aromatic rings. The zero-order valence-electron chi connectivity index (χ0n) is 13.6. The molecule has 0 unspecified atom stereocenters. The molecule has 0 amide bonds. The largest absolute Gasteiger partial charge is 0.369 e. The van der Waals surface area contributed by atoms with E-state index in [4.69, 9.17) is 0 Å². The van der Waals surface area contributed by atoms with Crippen LogP contribution in [0.4, 0.5) is 4.79 Å². The Hall–Kier alpha value is -2.69. The Labute approximate surface area is 135 Å².